The van der Waals surface area contributed by atoms with Crippen molar-refractivity contribution in [2.75, 3.05) is 19.4 Å². The minimum Gasteiger partial charge on any atom is -0.365 e. The maximum atomic E-state index is 12.1. The first-order valence-electron chi connectivity index (χ1n) is 7.26. The number of H-pyrrole nitrogens is 1. The molecule has 1 aromatic carbocycles. The Hall–Kier alpha value is -2.41. The first kappa shape index (κ1) is 14.5. The Bertz CT molecular complexity index is 877. The van der Waals surface area contributed by atoms with Crippen LogP contribution in [0.15, 0.2) is 23.0 Å². The van der Waals surface area contributed by atoms with Crippen molar-refractivity contribution in [3.8, 4) is 0 Å². The number of fused-ring (bicyclic) bond motifs is 3. The van der Waals surface area contributed by atoms with Crippen molar-refractivity contribution in [1.82, 2.24) is 24.5 Å². The smallest absolute Gasteiger partial charge is 0.348 e. The molecule has 0 radical (unpaired) electrons. The Morgan fingerprint density at radius 3 is 2.82 bits per heavy atom. The number of nitrogens with one attached hydrogen (secondary N) is 2. The molecule has 2 heterocycles. The summed E-state index contributed by atoms with van der Waals surface area (Å²) in [4.78, 5) is 18.8. The predicted molar refractivity (Wildman–Crippen MR) is 87.3 cm³/mol. The average Bonchev–Trinajstić information content (AvgIpc) is 2.81. The van der Waals surface area contributed by atoms with Gasteiger partial charge in [-0.1, -0.05) is 6.07 Å². The third-order valence-corrected chi connectivity index (χ3v) is 3.32. The van der Waals surface area contributed by atoms with Crippen molar-refractivity contribution in [3.05, 3.63) is 34.2 Å². The Balaban J connectivity index is 2.28. The lowest BCUT2D eigenvalue weighted by Crippen LogP contribution is -2.16. The molecule has 0 aliphatic heterocycles. The highest BCUT2D eigenvalue weighted by atomic mass is 16.1. The molecule has 0 saturated carbocycles. The number of hydrogen-bond acceptors (Lipinski definition) is 5. The van der Waals surface area contributed by atoms with Crippen molar-refractivity contribution in [3.63, 3.8) is 0 Å². The normalized spacial score (nSPS) is 11.9. The minimum absolute atomic E-state index is 0.202. The molecule has 2 aromatic heterocycles. The Labute approximate surface area is 128 Å². The van der Waals surface area contributed by atoms with Gasteiger partial charge < -0.3 is 10.2 Å². The predicted octanol–water partition coefficient (Wildman–Crippen LogP) is 1.45. The van der Waals surface area contributed by atoms with Crippen molar-refractivity contribution in [1.29, 1.82) is 0 Å². The third-order valence-electron chi connectivity index (χ3n) is 3.32. The summed E-state index contributed by atoms with van der Waals surface area (Å²) in [5, 5.41) is 9.85. The fourth-order valence-electron chi connectivity index (χ4n) is 2.53. The van der Waals surface area contributed by atoms with Gasteiger partial charge in [-0.15, -0.1) is 5.10 Å². The zero-order valence-electron chi connectivity index (χ0n) is 13.2. The number of anilines is 1. The molecule has 0 aliphatic rings. The van der Waals surface area contributed by atoms with Crippen molar-refractivity contribution >= 4 is 22.5 Å². The molecule has 7 nitrogen and oxygen atoms in total. The molecular weight excluding hydrogens is 280 g/mol. The van der Waals surface area contributed by atoms with Gasteiger partial charge in [-0.2, -0.15) is 0 Å². The van der Waals surface area contributed by atoms with Gasteiger partial charge in [0, 0.05) is 12.6 Å². The van der Waals surface area contributed by atoms with E-state index < -0.39 is 0 Å². The van der Waals surface area contributed by atoms with Gasteiger partial charge in [0.15, 0.2) is 5.82 Å². The van der Waals surface area contributed by atoms with Crippen LogP contribution in [-0.4, -0.2) is 44.6 Å². The number of benzene rings is 1. The van der Waals surface area contributed by atoms with Crippen molar-refractivity contribution in [2.45, 2.75) is 26.4 Å². The van der Waals surface area contributed by atoms with Crippen LogP contribution in [0.25, 0.3) is 16.7 Å². The van der Waals surface area contributed by atoms with E-state index in [0.29, 0.717) is 11.5 Å². The zero-order chi connectivity index (χ0) is 15.9. The molecule has 0 bridgehead atoms. The first-order valence-corrected chi connectivity index (χ1v) is 7.26. The summed E-state index contributed by atoms with van der Waals surface area (Å²) >= 11 is 0. The quantitative estimate of drug-likeness (QED) is 0.762. The van der Waals surface area contributed by atoms with Crippen LogP contribution < -0.4 is 11.0 Å². The molecule has 22 heavy (non-hydrogen) atoms. The van der Waals surface area contributed by atoms with E-state index in [9.17, 15) is 4.79 Å². The van der Waals surface area contributed by atoms with Crippen LogP contribution >= 0.6 is 0 Å². The molecule has 0 unspecified atom stereocenters. The van der Waals surface area contributed by atoms with Gasteiger partial charge in [0.25, 0.3) is 0 Å². The van der Waals surface area contributed by atoms with Crippen LogP contribution in [0, 0.1) is 0 Å². The number of rotatable bonds is 4. The lowest BCUT2D eigenvalue weighted by atomic mass is 10.2. The van der Waals surface area contributed by atoms with Crippen LogP contribution in [0.5, 0.6) is 0 Å². The molecule has 3 rings (SSSR count). The van der Waals surface area contributed by atoms with Crippen molar-refractivity contribution in [2.24, 2.45) is 0 Å². The van der Waals surface area contributed by atoms with E-state index in [1.54, 1.807) is 4.40 Å². The molecule has 2 N–H and O–H groups in total. The highest BCUT2D eigenvalue weighted by Crippen LogP contribution is 2.20. The maximum Gasteiger partial charge on any atom is 0.348 e. The standard InChI is InChI=1S/C15H20N6O/c1-9(2)16-13-14-18-19-15(22)21(14)12-7-10(8-20(3)4)5-6-11(12)17-13/h5-7,9H,8H2,1-4H3,(H,16,17)(H,19,22). The second-order valence-electron chi connectivity index (χ2n) is 6.01. The molecule has 0 spiro atoms. The highest BCUT2D eigenvalue weighted by molar-refractivity contribution is 5.83. The summed E-state index contributed by atoms with van der Waals surface area (Å²) in [7, 11) is 4.02. The molecule has 0 amide bonds. The van der Waals surface area contributed by atoms with E-state index in [1.165, 1.54) is 0 Å². The van der Waals surface area contributed by atoms with Crippen LogP contribution in [0.2, 0.25) is 0 Å². The van der Waals surface area contributed by atoms with E-state index in [-0.39, 0.29) is 11.7 Å². The Morgan fingerprint density at radius 2 is 2.14 bits per heavy atom. The molecule has 116 valence electrons. The largest absolute Gasteiger partial charge is 0.365 e. The van der Waals surface area contributed by atoms with Gasteiger partial charge >= 0.3 is 5.69 Å². The van der Waals surface area contributed by atoms with Gasteiger partial charge in [0.2, 0.25) is 5.65 Å². The fourth-order valence-corrected chi connectivity index (χ4v) is 2.53. The molecule has 3 aromatic rings. The summed E-state index contributed by atoms with van der Waals surface area (Å²) in [5.41, 5.74) is 2.92. The van der Waals surface area contributed by atoms with Crippen LogP contribution in [0.1, 0.15) is 19.4 Å². The summed E-state index contributed by atoms with van der Waals surface area (Å²) in [6.45, 7) is 4.84. The third kappa shape index (κ3) is 2.55. The van der Waals surface area contributed by atoms with Gasteiger partial charge in [0.05, 0.1) is 11.0 Å². The van der Waals surface area contributed by atoms with E-state index >= 15 is 0 Å². The second-order valence-corrected chi connectivity index (χ2v) is 6.01. The first-order chi connectivity index (χ1) is 10.5. The average molecular weight is 300 g/mol. The number of aromatic amines is 1. The van der Waals surface area contributed by atoms with Gasteiger partial charge in [-0.05, 0) is 45.6 Å². The van der Waals surface area contributed by atoms with Crippen LogP contribution in [0.4, 0.5) is 5.82 Å². The van der Waals surface area contributed by atoms with Gasteiger partial charge in [-0.25, -0.2) is 19.3 Å². The van der Waals surface area contributed by atoms with Crippen LogP contribution in [0.3, 0.4) is 0 Å². The Morgan fingerprint density at radius 1 is 1.36 bits per heavy atom. The lowest BCUT2D eigenvalue weighted by Gasteiger charge is -2.13. The second kappa shape index (κ2) is 5.42. The summed E-state index contributed by atoms with van der Waals surface area (Å²) in [5.74, 6) is 0.612. The number of aromatic nitrogens is 4. The topological polar surface area (TPSA) is 78.3 Å². The van der Waals surface area contributed by atoms with Crippen LogP contribution in [-0.2, 0) is 6.54 Å². The highest BCUT2D eigenvalue weighted by Gasteiger charge is 2.13. The Kier molecular flexibility index (Phi) is 3.58. The molecule has 0 fully saturated rings. The van der Waals surface area contributed by atoms with E-state index in [4.69, 9.17) is 0 Å². The molecule has 0 aliphatic carbocycles. The van der Waals surface area contributed by atoms with Gasteiger partial charge in [0.1, 0.15) is 0 Å². The maximum absolute atomic E-state index is 12.1. The summed E-state index contributed by atoms with van der Waals surface area (Å²) in [6, 6.07) is 6.17. The van der Waals surface area contributed by atoms with Crippen molar-refractivity contribution < 1.29 is 0 Å². The summed E-state index contributed by atoms with van der Waals surface area (Å²) in [6.07, 6.45) is 0. The number of hydrogen-bond donors (Lipinski definition) is 2. The number of nitrogens with zero attached hydrogens (tertiary/aromatic N) is 4. The molecule has 0 atom stereocenters. The minimum atomic E-state index is -0.254. The van der Waals surface area contributed by atoms with E-state index in [1.807, 2.05) is 46.1 Å². The SMILES string of the molecule is CC(C)Nc1nc2ccc(CN(C)C)cc2n2c(=O)[nH]nc12. The van der Waals surface area contributed by atoms with E-state index in [2.05, 4.69) is 25.4 Å². The lowest BCUT2D eigenvalue weighted by molar-refractivity contribution is 0.402. The molecule has 7 heteroatoms. The zero-order valence-corrected chi connectivity index (χ0v) is 13.2. The van der Waals surface area contributed by atoms with E-state index in [0.717, 1.165) is 23.1 Å². The fraction of sp³-hybridized carbons (Fsp3) is 0.400. The summed E-state index contributed by atoms with van der Waals surface area (Å²) < 4.78 is 1.58. The molecule has 0 saturated heterocycles. The monoisotopic (exact) mass is 300 g/mol. The van der Waals surface area contributed by atoms with Gasteiger partial charge in [-0.3, -0.25) is 0 Å². The molecular formula is C15H20N6O.